The fraction of sp³-hybridized carbons (Fsp3) is 0.136. The summed E-state index contributed by atoms with van der Waals surface area (Å²) in [6.07, 6.45) is 3.08. The van der Waals surface area contributed by atoms with E-state index in [0.29, 0.717) is 6.54 Å². The van der Waals surface area contributed by atoms with Gasteiger partial charge in [-0.3, -0.25) is 30.3 Å². The molecule has 1 atom stereocenters. The van der Waals surface area contributed by atoms with Crippen LogP contribution in [0.2, 0.25) is 0 Å². The van der Waals surface area contributed by atoms with Gasteiger partial charge in [-0.05, 0) is 35.9 Å². The van der Waals surface area contributed by atoms with E-state index in [1.54, 1.807) is 23.5 Å². The zero-order chi connectivity index (χ0) is 20.5. The first-order valence-corrected chi connectivity index (χ1v) is 9.18. The van der Waals surface area contributed by atoms with Gasteiger partial charge in [-0.2, -0.15) is 0 Å². The summed E-state index contributed by atoms with van der Waals surface area (Å²) < 4.78 is 0. The van der Waals surface area contributed by atoms with Gasteiger partial charge in [0.25, 0.3) is 0 Å². The van der Waals surface area contributed by atoms with E-state index in [1.807, 2.05) is 66.7 Å². The number of carbonyl (C=O) groups excluding carboxylic acids is 1. The lowest BCUT2D eigenvalue weighted by Gasteiger charge is -2.26. The Morgan fingerprint density at radius 2 is 1.55 bits per heavy atom. The van der Waals surface area contributed by atoms with Crippen molar-refractivity contribution in [2.45, 2.75) is 19.0 Å². The summed E-state index contributed by atoms with van der Waals surface area (Å²) in [5.41, 5.74) is 5.19. The van der Waals surface area contributed by atoms with Crippen molar-refractivity contribution in [2.75, 3.05) is 5.01 Å². The molecule has 1 heterocycles. The van der Waals surface area contributed by atoms with E-state index in [-0.39, 0.29) is 6.42 Å². The third-order valence-corrected chi connectivity index (χ3v) is 4.23. The highest BCUT2D eigenvalue weighted by molar-refractivity contribution is 5.86. The van der Waals surface area contributed by atoms with Gasteiger partial charge in [-0.15, -0.1) is 0 Å². The Morgan fingerprint density at radius 3 is 2.07 bits per heavy atom. The number of hydrogen-bond donors (Lipinski definition) is 3. The molecule has 0 saturated carbocycles. The number of nitrogens with one attached hydrogen (secondary N) is 2. The van der Waals surface area contributed by atoms with Crippen molar-refractivity contribution in [3.63, 3.8) is 0 Å². The van der Waals surface area contributed by atoms with Crippen molar-refractivity contribution in [3.8, 4) is 0 Å². The number of benzene rings is 2. The number of amides is 1. The lowest BCUT2D eigenvalue weighted by molar-refractivity contribution is -0.141. The fourth-order valence-electron chi connectivity index (χ4n) is 2.78. The topological polar surface area (TPSA) is 94.6 Å². The smallest absolute Gasteiger partial charge is 0.321 e. The van der Waals surface area contributed by atoms with E-state index in [2.05, 4.69) is 15.7 Å². The molecular weight excluding hydrogens is 368 g/mol. The highest BCUT2D eigenvalue weighted by atomic mass is 16.4. The number of aliphatic carboxylic acids is 1. The number of carbonyl (C=O) groups is 2. The van der Waals surface area contributed by atoms with Crippen LogP contribution in [0.4, 0.5) is 11.4 Å². The quantitative estimate of drug-likeness (QED) is 0.487. The lowest BCUT2D eigenvalue weighted by atomic mass is 10.2. The zero-order valence-corrected chi connectivity index (χ0v) is 15.7. The molecule has 3 aromatic rings. The summed E-state index contributed by atoms with van der Waals surface area (Å²) >= 11 is 0. The van der Waals surface area contributed by atoms with E-state index < -0.39 is 17.9 Å². The molecule has 0 spiro atoms. The summed E-state index contributed by atoms with van der Waals surface area (Å²) in [5.74, 6) is -1.50. The number of para-hydroxylation sites is 2. The molecule has 1 unspecified atom stereocenters. The van der Waals surface area contributed by atoms with Crippen LogP contribution in [0.15, 0.2) is 85.2 Å². The first kappa shape index (κ1) is 20.0. The van der Waals surface area contributed by atoms with E-state index in [1.165, 1.54) is 0 Å². The molecule has 29 heavy (non-hydrogen) atoms. The summed E-state index contributed by atoms with van der Waals surface area (Å²) in [4.78, 5) is 28.3. The van der Waals surface area contributed by atoms with Crippen molar-refractivity contribution >= 4 is 23.3 Å². The third-order valence-electron chi connectivity index (χ3n) is 4.23. The molecule has 0 fully saturated rings. The van der Waals surface area contributed by atoms with Crippen molar-refractivity contribution < 1.29 is 14.7 Å². The summed E-state index contributed by atoms with van der Waals surface area (Å²) in [7, 11) is 0. The van der Waals surface area contributed by atoms with Crippen LogP contribution < -0.4 is 15.8 Å². The van der Waals surface area contributed by atoms with Crippen LogP contribution >= 0.6 is 0 Å². The van der Waals surface area contributed by atoms with Crippen molar-refractivity contribution in [1.29, 1.82) is 0 Å². The largest absolute Gasteiger partial charge is 0.480 e. The first-order chi connectivity index (χ1) is 14.1. The number of rotatable bonds is 9. The van der Waals surface area contributed by atoms with Gasteiger partial charge in [0.15, 0.2) is 0 Å². The minimum absolute atomic E-state index is 0.217. The Kier molecular flexibility index (Phi) is 6.91. The zero-order valence-electron chi connectivity index (χ0n) is 15.7. The normalized spacial score (nSPS) is 11.4. The number of carboxylic acids is 1. The van der Waals surface area contributed by atoms with Gasteiger partial charge in [0.1, 0.15) is 6.04 Å². The molecule has 0 radical (unpaired) electrons. The minimum Gasteiger partial charge on any atom is -0.480 e. The maximum absolute atomic E-state index is 12.7. The predicted molar refractivity (Wildman–Crippen MR) is 110 cm³/mol. The number of hydrazine groups is 1. The van der Waals surface area contributed by atoms with E-state index in [0.717, 1.165) is 16.9 Å². The van der Waals surface area contributed by atoms with E-state index in [9.17, 15) is 14.7 Å². The van der Waals surface area contributed by atoms with Crippen molar-refractivity contribution in [3.05, 3.63) is 90.8 Å². The molecule has 7 nitrogen and oxygen atoms in total. The van der Waals surface area contributed by atoms with Gasteiger partial charge in [-0.25, -0.2) is 0 Å². The maximum Gasteiger partial charge on any atom is 0.321 e. The third kappa shape index (κ3) is 5.88. The summed E-state index contributed by atoms with van der Waals surface area (Å²) in [6.45, 7) is 0.305. The molecule has 7 heteroatoms. The molecule has 0 aliphatic rings. The molecular formula is C22H22N4O3. The molecule has 0 aliphatic carbocycles. The van der Waals surface area contributed by atoms with Crippen molar-refractivity contribution in [1.82, 2.24) is 15.7 Å². The molecule has 2 aromatic carbocycles. The first-order valence-electron chi connectivity index (χ1n) is 9.18. The maximum atomic E-state index is 12.7. The number of hydrogen-bond acceptors (Lipinski definition) is 5. The molecule has 0 aliphatic heterocycles. The highest BCUT2D eigenvalue weighted by Gasteiger charge is 2.22. The second-order valence-electron chi connectivity index (χ2n) is 6.38. The van der Waals surface area contributed by atoms with E-state index >= 15 is 0 Å². The molecule has 148 valence electrons. The average molecular weight is 390 g/mol. The van der Waals surface area contributed by atoms with Crippen LogP contribution in [-0.2, 0) is 16.1 Å². The van der Waals surface area contributed by atoms with Crippen LogP contribution in [-0.4, -0.2) is 28.0 Å². The van der Waals surface area contributed by atoms with Crippen molar-refractivity contribution in [2.24, 2.45) is 0 Å². The van der Waals surface area contributed by atoms with Gasteiger partial charge >= 0.3 is 5.97 Å². The van der Waals surface area contributed by atoms with Crippen LogP contribution in [0.1, 0.15) is 12.0 Å². The number of carboxylic acid groups (broad SMARTS) is 1. The van der Waals surface area contributed by atoms with Gasteiger partial charge in [0, 0.05) is 18.9 Å². The number of anilines is 2. The highest BCUT2D eigenvalue weighted by Crippen LogP contribution is 2.22. The Balaban J connectivity index is 1.68. The number of pyridine rings is 1. The van der Waals surface area contributed by atoms with Crippen LogP contribution in [0.25, 0.3) is 0 Å². The predicted octanol–water partition coefficient (Wildman–Crippen LogP) is 2.88. The van der Waals surface area contributed by atoms with E-state index in [4.69, 9.17) is 0 Å². The molecule has 0 saturated heterocycles. The Bertz CT molecular complexity index is 881. The summed E-state index contributed by atoms with van der Waals surface area (Å²) in [5, 5.41) is 14.0. The summed E-state index contributed by atoms with van der Waals surface area (Å²) in [6, 6.07) is 21.3. The van der Waals surface area contributed by atoms with Gasteiger partial charge in [-0.1, -0.05) is 42.5 Å². The Hall–Kier alpha value is -3.71. The monoisotopic (exact) mass is 390 g/mol. The molecule has 3 rings (SSSR count). The van der Waals surface area contributed by atoms with Gasteiger partial charge in [0.2, 0.25) is 5.91 Å². The Morgan fingerprint density at radius 1 is 0.931 bits per heavy atom. The number of nitrogens with zero attached hydrogens (tertiary/aromatic N) is 2. The van der Waals surface area contributed by atoms with Crippen LogP contribution in [0, 0.1) is 0 Å². The fourth-order valence-corrected chi connectivity index (χ4v) is 2.78. The number of aromatic nitrogens is 1. The SMILES string of the molecule is O=C(CC(NCc1cccnc1)C(=O)O)NN(c1ccccc1)c1ccccc1. The molecule has 0 bridgehead atoms. The molecule has 3 N–H and O–H groups in total. The Labute approximate surface area is 169 Å². The molecule has 1 amide bonds. The second-order valence-corrected chi connectivity index (χ2v) is 6.38. The average Bonchev–Trinajstić information content (AvgIpc) is 2.76. The van der Waals surface area contributed by atoms with Crippen LogP contribution in [0.5, 0.6) is 0 Å². The second kappa shape index (κ2) is 10.0. The lowest BCUT2D eigenvalue weighted by Crippen LogP contribution is -2.45. The van der Waals surface area contributed by atoms with Crippen LogP contribution in [0.3, 0.4) is 0 Å². The standard InChI is InChI=1S/C22H22N4O3/c27-21(14-20(22(28)29)24-16-17-8-7-13-23-15-17)25-26(18-9-3-1-4-10-18)19-11-5-2-6-12-19/h1-13,15,20,24H,14,16H2,(H,25,27)(H,28,29). The molecule has 1 aromatic heterocycles. The minimum atomic E-state index is -1.09. The van der Waals surface area contributed by atoms with Gasteiger partial charge in [0.05, 0.1) is 17.8 Å². The van der Waals surface area contributed by atoms with Gasteiger partial charge < -0.3 is 5.11 Å².